The third kappa shape index (κ3) is 4.75. The minimum absolute atomic E-state index is 0.178. The average molecular weight is 445 g/mol. The summed E-state index contributed by atoms with van der Waals surface area (Å²) < 4.78 is 36.4. The zero-order chi connectivity index (χ0) is 21.3. The van der Waals surface area contributed by atoms with Crippen LogP contribution in [0.15, 0.2) is 29.2 Å². The average Bonchev–Trinajstić information content (AvgIpc) is 2.93. The topological polar surface area (TPSA) is 156 Å². The standard InChI is InChI=1S/C18H24N2O7S2/c1-29(26,27)11-4-2-10(3-5-11)8-13-12-6-7-19-17(23)15(12)16(28(13)25)18(24)20-9-14(21)22/h2-5,12-13,15-17,19,23H,6-9H2,1H3,(H,20,24)(H,21,22). The first-order valence-corrected chi connectivity index (χ1v) is 12.4. The summed E-state index contributed by atoms with van der Waals surface area (Å²) in [7, 11) is -3.32. The number of benzene rings is 1. The van der Waals surface area contributed by atoms with Gasteiger partial charge in [0.05, 0.1) is 10.8 Å². The van der Waals surface area contributed by atoms with Crippen molar-refractivity contribution in [3.8, 4) is 0 Å². The molecule has 2 aliphatic heterocycles. The summed E-state index contributed by atoms with van der Waals surface area (Å²) in [6.07, 6.45) is 1.11. The SMILES string of the molecule is CS(=O)(=O)c1ccc(CC2C3CCNC(O)C3C(C(=O)NCC(=O)O)[S+]2[O-])cc1. The molecule has 3 rings (SSSR count). The van der Waals surface area contributed by atoms with E-state index in [2.05, 4.69) is 10.6 Å². The van der Waals surface area contributed by atoms with Gasteiger partial charge in [-0.25, -0.2) is 8.42 Å². The van der Waals surface area contributed by atoms with Gasteiger partial charge in [-0.1, -0.05) is 12.1 Å². The molecule has 0 aliphatic carbocycles. The minimum Gasteiger partial charge on any atom is -0.615 e. The van der Waals surface area contributed by atoms with Gasteiger partial charge in [0.1, 0.15) is 18.0 Å². The second kappa shape index (κ2) is 8.60. The Hall–Kier alpha value is -1.66. The van der Waals surface area contributed by atoms with Crippen molar-refractivity contribution in [1.29, 1.82) is 0 Å². The molecule has 0 saturated carbocycles. The van der Waals surface area contributed by atoms with Crippen LogP contribution < -0.4 is 10.6 Å². The van der Waals surface area contributed by atoms with E-state index in [9.17, 15) is 27.7 Å². The van der Waals surface area contributed by atoms with E-state index in [4.69, 9.17) is 5.11 Å². The molecule has 0 bridgehead atoms. The lowest BCUT2D eigenvalue weighted by Crippen LogP contribution is -2.53. The number of carbonyl (C=O) groups excluding carboxylic acids is 1. The van der Waals surface area contributed by atoms with Crippen LogP contribution in [0.4, 0.5) is 0 Å². The van der Waals surface area contributed by atoms with Gasteiger partial charge in [0.15, 0.2) is 9.84 Å². The molecule has 2 fully saturated rings. The number of aliphatic hydroxyl groups excluding tert-OH is 1. The number of nitrogens with one attached hydrogen (secondary N) is 2. The molecule has 1 aromatic carbocycles. The molecule has 29 heavy (non-hydrogen) atoms. The second-order valence-corrected chi connectivity index (χ2v) is 11.2. The van der Waals surface area contributed by atoms with Crippen LogP contribution in [0.25, 0.3) is 0 Å². The summed E-state index contributed by atoms with van der Waals surface area (Å²) in [6, 6.07) is 6.32. The summed E-state index contributed by atoms with van der Waals surface area (Å²) in [4.78, 5) is 23.5. The van der Waals surface area contributed by atoms with Gasteiger partial charge in [-0.05, 0) is 41.8 Å². The van der Waals surface area contributed by atoms with Gasteiger partial charge in [0.2, 0.25) is 5.25 Å². The normalized spacial score (nSPS) is 31.8. The summed E-state index contributed by atoms with van der Waals surface area (Å²) in [5.41, 5.74) is 0.786. The maximum Gasteiger partial charge on any atom is 0.322 e. The molecule has 1 aromatic rings. The molecule has 6 atom stereocenters. The van der Waals surface area contributed by atoms with E-state index in [0.717, 1.165) is 11.8 Å². The summed E-state index contributed by atoms with van der Waals surface area (Å²) in [5, 5.41) is 22.9. The third-order valence-corrected chi connectivity index (χ3v) is 8.80. The molecule has 9 nitrogen and oxygen atoms in total. The number of carboxylic acids is 1. The highest BCUT2D eigenvalue weighted by molar-refractivity contribution is 7.93. The first-order chi connectivity index (χ1) is 13.6. The van der Waals surface area contributed by atoms with Gasteiger partial charge in [-0.15, -0.1) is 0 Å². The Morgan fingerprint density at radius 2 is 1.97 bits per heavy atom. The zero-order valence-corrected chi connectivity index (χ0v) is 17.4. The molecule has 0 spiro atoms. The van der Waals surface area contributed by atoms with Crippen LogP contribution >= 0.6 is 0 Å². The van der Waals surface area contributed by atoms with Crippen molar-refractivity contribution in [2.75, 3.05) is 19.3 Å². The third-order valence-electron chi connectivity index (χ3n) is 5.53. The molecule has 0 aromatic heterocycles. The van der Waals surface area contributed by atoms with Crippen molar-refractivity contribution in [1.82, 2.24) is 10.6 Å². The Morgan fingerprint density at radius 3 is 2.55 bits per heavy atom. The lowest BCUT2D eigenvalue weighted by molar-refractivity contribution is -0.138. The largest absolute Gasteiger partial charge is 0.615 e. The van der Waals surface area contributed by atoms with E-state index in [-0.39, 0.29) is 10.8 Å². The molecular weight excluding hydrogens is 420 g/mol. The summed E-state index contributed by atoms with van der Waals surface area (Å²) >= 11 is -1.63. The number of sulfone groups is 1. The predicted octanol–water partition coefficient (Wildman–Crippen LogP) is -1.12. The molecule has 1 amide bonds. The molecule has 2 aliphatic rings. The molecule has 4 N–H and O–H groups in total. The van der Waals surface area contributed by atoms with Gasteiger partial charge >= 0.3 is 5.97 Å². The molecule has 160 valence electrons. The van der Waals surface area contributed by atoms with E-state index in [0.29, 0.717) is 19.4 Å². The fraction of sp³-hybridized carbons (Fsp3) is 0.556. The predicted molar refractivity (Wildman–Crippen MR) is 105 cm³/mol. The highest BCUT2D eigenvalue weighted by Gasteiger charge is 2.60. The lowest BCUT2D eigenvalue weighted by atomic mass is 9.79. The number of rotatable bonds is 6. The van der Waals surface area contributed by atoms with Crippen molar-refractivity contribution >= 4 is 32.9 Å². The molecule has 2 saturated heterocycles. The second-order valence-electron chi connectivity index (χ2n) is 7.45. The first-order valence-electron chi connectivity index (χ1n) is 9.19. The fourth-order valence-electron chi connectivity index (χ4n) is 4.18. The van der Waals surface area contributed by atoms with E-state index in [1.807, 2.05) is 0 Å². The highest BCUT2D eigenvalue weighted by Crippen LogP contribution is 2.44. The molecular formula is C18H24N2O7S2. The van der Waals surface area contributed by atoms with E-state index < -0.39 is 62.1 Å². The fourth-order valence-corrected chi connectivity index (χ4v) is 7.16. The number of hydrogen-bond acceptors (Lipinski definition) is 7. The number of hydrogen-bond donors (Lipinski definition) is 4. The number of fused-ring (bicyclic) bond motifs is 1. The first kappa shape index (κ1) is 22.0. The Kier molecular flexibility index (Phi) is 6.54. The van der Waals surface area contributed by atoms with Gasteiger partial charge in [-0.3, -0.25) is 14.9 Å². The van der Waals surface area contributed by atoms with E-state index in [1.54, 1.807) is 12.1 Å². The van der Waals surface area contributed by atoms with Crippen molar-refractivity contribution in [3.63, 3.8) is 0 Å². The van der Waals surface area contributed by atoms with Crippen LogP contribution in [-0.2, 0) is 37.0 Å². The monoisotopic (exact) mass is 444 g/mol. The van der Waals surface area contributed by atoms with Crippen LogP contribution in [0.5, 0.6) is 0 Å². The Balaban J connectivity index is 1.82. The van der Waals surface area contributed by atoms with Gasteiger partial charge in [-0.2, -0.15) is 0 Å². The van der Waals surface area contributed by atoms with Crippen LogP contribution in [0.2, 0.25) is 0 Å². The number of carboxylic acid groups (broad SMARTS) is 1. The van der Waals surface area contributed by atoms with Crippen LogP contribution in [0.1, 0.15) is 12.0 Å². The Bertz CT molecular complexity index is 875. The Morgan fingerprint density at radius 1 is 1.31 bits per heavy atom. The quantitative estimate of drug-likeness (QED) is 0.402. The van der Waals surface area contributed by atoms with Gasteiger partial charge < -0.3 is 20.1 Å². The van der Waals surface area contributed by atoms with Crippen LogP contribution in [-0.4, -0.2) is 71.1 Å². The number of carbonyl (C=O) groups is 2. The summed E-state index contributed by atoms with van der Waals surface area (Å²) in [6.45, 7) is -0.0580. The van der Waals surface area contributed by atoms with E-state index >= 15 is 0 Å². The van der Waals surface area contributed by atoms with Crippen molar-refractivity contribution in [3.05, 3.63) is 29.8 Å². The molecule has 0 radical (unpaired) electrons. The minimum atomic E-state index is -3.32. The number of piperidine rings is 1. The lowest BCUT2D eigenvalue weighted by Gasteiger charge is -2.32. The highest BCUT2D eigenvalue weighted by atomic mass is 32.2. The summed E-state index contributed by atoms with van der Waals surface area (Å²) in [5.74, 6) is -2.61. The van der Waals surface area contributed by atoms with Gasteiger partial charge in [0, 0.05) is 18.6 Å². The van der Waals surface area contributed by atoms with Crippen LogP contribution in [0, 0.1) is 11.8 Å². The maximum absolute atomic E-state index is 13.2. The van der Waals surface area contributed by atoms with Crippen molar-refractivity contribution in [2.24, 2.45) is 11.8 Å². The number of amides is 1. The Labute approximate surface area is 172 Å². The molecule has 6 unspecified atom stereocenters. The number of aliphatic carboxylic acids is 1. The van der Waals surface area contributed by atoms with Crippen molar-refractivity contribution < 1.29 is 32.8 Å². The van der Waals surface area contributed by atoms with Crippen LogP contribution in [0.3, 0.4) is 0 Å². The zero-order valence-electron chi connectivity index (χ0n) is 15.8. The maximum atomic E-state index is 13.2. The van der Waals surface area contributed by atoms with Crippen molar-refractivity contribution in [2.45, 2.75) is 34.5 Å². The molecule has 11 heteroatoms. The molecule has 2 heterocycles. The smallest absolute Gasteiger partial charge is 0.322 e. The van der Waals surface area contributed by atoms with Gasteiger partial charge in [0.25, 0.3) is 5.91 Å². The van der Waals surface area contributed by atoms with E-state index in [1.165, 1.54) is 12.1 Å². The number of aliphatic hydroxyl groups is 1.